The number of amides is 1. The largest absolute Gasteiger partial charge is 0.481 e. The molecule has 0 aliphatic heterocycles. The van der Waals surface area contributed by atoms with Crippen LogP contribution >= 0.6 is 0 Å². The molecule has 16 heavy (non-hydrogen) atoms. The maximum Gasteiger partial charge on any atom is 0.312 e. The van der Waals surface area contributed by atoms with Crippen molar-refractivity contribution in [2.45, 2.75) is 39.2 Å². The van der Waals surface area contributed by atoms with Gasteiger partial charge in [0.25, 0.3) is 0 Å². The number of carboxylic acids is 1. The molecule has 5 nitrogen and oxygen atoms in total. The third-order valence-corrected chi connectivity index (χ3v) is 2.45. The van der Waals surface area contributed by atoms with E-state index < -0.39 is 18.3 Å². The Hall–Kier alpha value is -1.10. The first kappa shape index (κ1) is 14.9. The van der Waals surface area contributed by atoms with E-state index in [2.05, 4.69) is 31.1 Å². The SMILES string of the molecule is CC(C)N(C)CCCCNC(=O)CC(=O)O. The van der Waals surface area contributed by atoms with E-state index in [-0.39, 0.29) is 0 Å². The average Bonchev–Trinajstić information content (AvgIpc) is 2.15. The van der Waals surface area contributed by atoms with Gasteiger partial charge in [0, 0.05) is 12.6 Å². The molecule has 0 bridgehead atoms. The highest BCUT2D eigenvalue weighted by Gasteiger charge is 2.06. The van der Waals surface area contributed by atoms with E-state index in [9.17, 15) is 9.59 Å². The van der Waals surface area contributed by atoms with Crippen molar-refractivity contribution in [1.82, 2.24) is 10.2 Å². The lowest BCUT2D eigenvalue weighted by Crippen LogP contribution is -2.29. The average molecular weight is 230 g/mol. The molecule has 1 amide bonds. The van der Waals surface area contributed by atoms with Crippen molar-refractivity contribution in [3.63, 3.8) is 0 Å². The summed E-state index contributed by atoms with van der Waals surface area (Å²) in [6, 6.07) is 0.529. The summed E-state index contributed by atoms with van der Waals surface area (Å²) in [5.41, 5.74) is 0. The van der Waals surface area contributed by atoms with Crippen molar-refractivity contribution in [2.75, 3.05) is 20.1 Å². The first-order valence-electron chi connectivity index (χ1n) is 5.62. The molecule has 94 valence electrons. The molecule has 0 unspecified atom stereocenters. The Labute approximate surface area is 96.8 Å². The van der Waals surface area contributed by atoms with Crippen LogP contribution in [-0.2, 0) is 9.59 Å². The van der Waals surface area contributed by atoms with Crippen LogP contribution in [0, 0.1) is 0 Å². The first-order chi connectivity index (χ1) is 7.43. The Morgan fingerprint density at radius 1 is 1.31 bits per heavy atom. The number of carbonyl (C=O) groups is 2. The normalized spacial score (nSPS) is 10.8. The number of rotatable bonds is 8. The number of nitrogens with zero attached hydrogens (tertiary/aromatic N) is 1. The second-order valence-electron chi connectivity index (χ2n) is 4.20. The smallest absolute Gasteiger partial charge is 0.312 e. The van der Waals surface area contributed by atoms with Crippen molar-refractivity contribution < 1.29 is 14.7 Å². The minimum absolute atomic E-state index is 0.412. The molecule has 0 aliphatic rings. The Bertz CT molecular complexity index is 229. The lowest BCUT2D eigenvalue weighted by molar-refractivity contribution is -0.140. The topological polar surface area (TPSA) is 69.6 Å². The van der Waals surface area contributed by atoms with Crippen LogP contribution in [-0.4, -0.2) is 48.1 Å². The summed E-state index contributed by atoms with van der Waals surface area (Å²) < 4.78 is 0. The van der Waals surface area contributed by atoms with E-state index >= 15 is 0 Å². The minimum Gasteiger partial charge on any atom is -0.481 e. The van der Waals surface area contributed by atoms with Crippen molar-refractivity contribution in [2.24, 2.45) is 0 Å². The molecule has 0 radical (unpaired) electrons. The Balaban J connectivity index is 3.40. The zero-order valence-corrected chi connectivity index (χ0v) is 10.3. The van der Waals surface area contributed by atoms with Crippen molar-refractivity contribution >= 4 is 11.9 Å². The van der Waals surface area contributed by atoms with Gasteiger partial charge in [-0.25, -0.2) is 0 Å². The minimum atomic E-state index is -1.09. The third-order valence-electron chi connectivity index (χ3n) is 2.45. The zero-order chi connectivity index (χ0) is 12.6. The second-order valence-corrected chi connectivity index (χ2v) is 4.20. The molecule has 0 saturated heterocycles. The first-order valence-corrected chi connectivity index (χ1v) is 5.62. The van der Waals surface area contributed by atoms with Crippen LogP contribution in [0.2, 0.25) is 0 Å². The van der Waals surface area contributed by atoms with Gasteiger partial charge in [-0.3, -0.25) is 9.59 Å². The standard InChI is InChI=1S/C11H22N2O3/c1-9(2)13(3)7-5-4-6-12-10(14)8-11(15)16/h9H,4-8H2,1-3H3,(H,12,14)(H,15,16). The lowest BCUT2D eigenvalue weighted by Gasteiger charge is -2.20. The third kappa shape index (κ3) is 8.23. The number of hydrogen-bond donors (Lipinski definition) is 2. The highest BCUT2D eigenvalue weighted by Crippen LogP contribution is 1.97. The Morgan fingerprint density at radius 2 is 1.94 bits per heavy atom. The van der Waals surface area contributed by atoms with Gasteiger partial charge >= 0.3 is 5.97 Å². The van der Waals surface area contributed by atoms with E-state index in [0.717, 1.165) is 19.4 Å². The lowest BCUT2D eigenvalue weighted by atomic mass is 10.2. The molecule has 0 atom stereocenters. The van der Waals surface area contributed by atoms with Gasteiger partial charge in [0.05, 0.1) is 0 Å². The molecular weight excluding hydrogens is 208 g/mol. The van der Waals surface area contributed by atoms with Gasteiger partial charge in [-0.1, -0.05) is 0 Å². The monoisotopic (exact) mass is 230 g/mol. The molecule has 0 aromatic heterocycles. The molecule has 5 heteroatoms. The fraction of sp³-hybridized carbons (Fsp3) is 0.818. The molecule has 0 aliphatic carbocycles. The van der Waals surface area contributed by atoms with Crippen LogP contribution in [0.3, 0.4) is 0 Å². The van der Waals surface area contributed by atoms with Crippen LogP contribution in [0.4, 0.5) is 0 Å². The van der Waals surface area contributed by atoms with Crippen LogP contribution in [0.15, 0.2) is 0 Å². The van der Waals surface area contributed by atoms with E-state index in [1.54, 1.807) is 0 Å². The number of carbonyl (C=O) groups excluding carboxylic acids is 1. The molecule has 0 aromatic rings. The molecule has 0 aromatic carbocycles. The van der Waals surface area contributed by atoms with Crippen molar-refractivity contribution in [3.05, 3.63) is 0 Å². The predicted molar refractivity (Wildman–Crippen MR) is 62.3 cm³/mol. The predicted octanol–water partition coefficient (Wildman–Crippen LogP) is 0.698. The second kappa shape index (κ2) is 8.10. The quantitative estimate of drug-likeness (QED) is 0.475. The number of carboxylic acid groups (broad SMARTS) is 1. The van der Waals surface area contributed by atoms with E-state index in [0.29, 0.717) is 12.6 Å². The maximum atomic E-state index is 11.0. The van der Waals surface area contributed by atoms with Crippen LogP contribution in [0.25, 0.3) is 0 Å². The van der Waals surface area contributed by atoms with Crippen LogP contribution in [0.5, 0.6) is 0 Å². The molecule has 2 N–H and O–H groups in total. The summed E-state index contributed by atoms with van der Waals surface area (Å²) in [5, 5.41) is 10.9. The van der Waals surface area contributed by atoms with Gasteiger partial charge in [0.1, 0.15) is 6.42 Å². The van der Waals surface area contributed by atoms with E-state index in [1.807, 2.05) is 0 Å². The molecular formula is C11H22N2O3. The molecule has 0 rings (SSSR count). The Kier molecular flexibility index (Phi) is 7.54. The van der Waals surface area contributed by atoms with Gasteiger partial charge in [0.15, 0.2) is 0 Å². The van der Waals surface area contributed by atoms with Crippen molar-refractivity contribution in [1.29, 1.82) is 0 Å². The maximum absolute atomic E-state index is 11.0. The van der Waals surface area contributed by atoms with Gasteiger partial charge in [-0.15, -0.1) is 0 Å². The Morgan fingerprint density at radius 3 is 2.44 bits per heavy atom. The highest BCUT2D eigenvalue weighted by molar-refractivity contribution is 5.93. The molecule has 0 heterocycles. The zero-order valence-electron chi connectivity index (χ0n) is 10.3. The summed E-state index contributed by atoms with van der Waals surface area (Å²) in [6.07, 6.45) is 1.44. The summed E-state index contributed by atoms with van der Waals surface area (Å²) in [6.45, 7) is 5.81. The van der Waals surface area contributed by atoms with E-state index in [4.69, 9.17) is 5.11 Å². The number of hydrogen-bond acceptors (Lipinski definition) is 3. The number of unbranched alkanes of at least 4 members (excludes halogenated alkanes) is 1. The number of nitrogens with one attached hydrogen (secondary N) is 1. The summed E-state index contributed by atoms with van der Waals surface area (Å²) in [7, 11) is 2.06. The van der Waals surface area contributed by atoms with Gasteiger partial charge in [-0.2, -0.15) is 0 Å². The van der Waals surface area contributed by atoms with Crippen LogP contribution < -0.4 is 5.32 Å². The van der Waals surface area contributed by atoms with Gasteiger partial charge < -0.3 is 15.3 Å². The van der Waals surface area contributed by atoms with E-state index in [1.165, 1.54) is 0 Å². The van der Waals surface area contributed by atoms with Crippen LogP contribution in [0.1, 0.15) is 33.1 Å². The summed E-state index contributed by atoms with van der Waals surface area (Å²) in [4.78, 5) is 23.4. The molecule has 0 spiro atoms. The molecule has 0 fully saturated rings. The highest BCUT2D eigenvalue weighted by atomic mass is 16.4. The number of aliphatic carboxylic acids is 1. The van der Waals surface area contributed by atoms with Gasteiger partial charge in [-0.05, 0) is 40.3 Å². The fourth-order valence-corrected chi connectivity index (χ4v) is 1.17. The summed E-state index contributed by atoms with van der Waals surface area (Å²) >= 11 is 0. The summed E-state index contributed by atoms with van der Waals surface area (Å²) in [5.74, 6) is -1.50. The van der Waals surface area contributed by atoms with Crippen molar-refractivity contribution in [3.8, 4) is 0 Å². The fourth-order valence-electron chi connectivity index (χ4n) is 1.17. The molecule has 0 saturated carbocycles. The van der Waals surface area contributed by atoms with Gasteiger partial charge in [0.2, 0.25) is 5.91 Å².